The van der Waals surface area contributed by atoms with E-state index in [1.54, 1.807) is 0 Å². The Balaban J connectivity index is 2.49. The lowest BCUT2D eigenvalue weighted by atomic mass is 10.0. The van der Waals surface area contributed by atoms with Crippen LogP contribution in [-0.2, 0) is 4.79 Å². The van der Waals surface area contributed by atoms with E-state index in [-0.39, 0.29) is 15.8 Å². The van der Waals surface area contributed by atoms with Crippen molar-refractivity contribution in [2.24, 2.45) is 0 Å². The first-order valence-electron chi connectivity index (χ1n) is 4.46. The van der Waals surface area contributed by atoms with Gasteiger partial charge in [0.25, 0.3) is 0 Å². The molecule has 2 rings (SSSR count). The predicted molar refractivity (Wildman–Crippen MR) is 56.3 cm³/mol. The van der Waals surface area contributed by atoms with Gasteiger partial charge in [0.15, 0.2) is 5.78 Å². The fourth-order valence-electron chi connectivity index (χ4n) is 1.58. The van der Waals surface area contributed by atoms with Crippen LogP contribution in [0.25, 0.3) is 5.57 Å². The van der Waals surface area contributed by atoms with Crippen molar-refractivity contribution in [1.82, 2.24) is 0 Å². The molecule has 0 heterocycles. The highest BCUT2D eigenvalue weighted by Gasteiger charge is 2.18. The molecule has 0 aliphatic heterocycles. The molecular formula is C11H7BrF2O. The fraction of sp³-hybridized carbons (Fsp3) is 0.182. The van der Waals surface area contributed by atoms with Crippen molar-refractivity contribution in [3.05, 3.63) is 39.9 Å². The lowest BCUT2D eigenvalue weighted by Gasteiger charge is -2.04. The van der Waals surface area contributed by atoms with Crippen LogP contribution >= 0.6 is 15.9 Å². The summed E-state index contributed by atoms with van der Waals surface area (Å²) in [5.41, 5.74) is 0.755. The first kappa shape index (κ1) is 10.5. The van der Waals surface area contributed by atoms with Gasteiger partial charge < -0.3 is 0 Å². The van der Waals surface area contributed by atoms with Crippen LogP contribution in [-0.4, -0.2) is 5.78 Å². The zero-order chi connectivity index (χ0) is 11.0. The van der Waals surface area contributed by atoms with E-state index >= 15 is 0 Å². The maximum absolute atomic E-state index is 13.5. The van der Waals surface area contributed by atoms with Gasteiger partial charge in [0.2, 0.25) is 0 Å². The molecule has 0 saturated heterocycles. The van der Waals surface area contributed by atoms with Crippen LogP contribution in [0.15, 0.2) is 22.7 Å². The van der Waals surface area contributed by atoms with Crippen LogP contribution in [0.4, 0.5) is 8.78 Å². The monoisotopic (exact) mass is 272 g/mol. The van der Waals surface area contributed by atoms with E-state index in [1.165, 1.54) is 6.08 Å². The molecule has 0 unspecified atom stereocenters. The second-order valence-corrected chi connectivity index (χ2v) is 4.24. The summed E-state index contributed by atoms with van der Waals surface area (Å²) in [4.78, 5) is 11.0. The quantitative estimate of drug-likeness (QED) is 0.716. The summed E-state index contributed by atoms with van der Waals surface area (Å²) >= 11 is 2.90. The molecule has 0 atom stereocenters. The van der Waals surface area contributed by atoms with E-state index in [4.69, 9.17) is 0 Å². The summed E-state index contributed by atoms with van der Waals surface area (Å²) < 4.78 is 26.7. The molecule has 4 heteroatoms. The Kier molecular flexibility index (Phi) is 2.69. The first-order valence-corrected chi connectivity index (χ1v) is 5.25. The molecule has 0 fully saturated rings. The van der Waals surface area contributed by atoms with Gasteiger partial charge in [-0.05, 0) is 46.1 Å². The van der Waals surface area contributed by atoms with Gasteiger partial charge in [-0.25, -0.2) is 8.78 Å². The van der Waals surface area contributed by atoms with Gasteiger partial charge in [-0.15, -0.1) is 0 Å². The Morgan fingerprint density at radius 1 is 1.13 bits per heavy atom. The van der Waals surface area contributed by atoms with Crippen LogP contribution in [0, 0.1) is 11.6 Å². The van der Waals surface area contributed by atoms with Crippen molar-refractivity contribution in [1.29, 1.82) is 0 Å². The molecule has 0 N–H and O–H groups in total. The van der Waals surface area contributed by atoms with Crippen LogP contribution in [0.3, 0.4) is 0 Å². The Morgan fingerprint density at radius 2 is 1.87 bits per heavy atom. The van der Waals surface area contributed by atoms with Gasteiger partial charge in [0, 0.05) is 12.0 Å². The summed E-state index contributed by atoms with van der Waals surface area (Å²) in [5.74, 6) is -1.07. The van der Waals surface area contributed by atoms with Gasteiger partial charge in [-0.2, -0.15) is 0 Å². The number of carbonyl (C=O) groups is 1. The van der Waals surface area contributed by atoms with Crippen molar-refractivity contribution in [3.63, 3.8) is 0 Å². The molecule has 0 radical (unpaired) electrons. The SMILES string of the molecule is O=C1C=C(c2cc(F)c(Br)cc2F)CC1. The normalized spacial score (nSPS) is 15.7. The first-order chi connectivity index (χ1) is 7.08. The van der Waals surface area contributed by atoms with Crippen molar-refractivity contribution < 1.29 is 13.6 Å². The Bertz CT molecular complexity index is 466. The van der Waals surface area contributed by atoms with Crippen LogP contribution in [0.1, 0.15) is 18.4 Å². The summed E-state index contributed by atoms with van der Waals surface area (Å²) in [6.45, 7) is 0. The van der Waals surface area contributed by atoms with E-state index in [1.807, 2.05) is 0 Å². The van der Waals surface area contributed by atoms with Crippen molar-refractivity contribution in [2.45, 2.75) is 12.8 Å². The van der Waals surface area contributed by atoms with E-state index in [0.717, 1.165) is 12.1 Å². The zero-order valence-electron chi connectivity index (χ0n) is 7.69. The van der Waals surface area contributed by atoms with E-state index in [2.05, 4.69) is 15.9 Å². The van der Waals surface area contributed by atoms with E-state index in [0.29, 0.717) is 18.4 Å². The summed E-state index contributed by atoms with van der Waals surface area (Å²) in [5, 5.41) is 0. The molecule has 1 aliphatic rings. The molecule has 1 nitrogen and oxygen atoms in total. The number of carbonyl (C=O) groups excluding carboxylic acids is 1. The van der Waals surface area contributed by atoms with E-state index in [9.17, 15) is 13.6 Å². The summed E-state index contributed by atoms with van der Waals surface area (Å²) in [7, 11) is 0. The van der Waals surface area contributed by atoms with Gasteiger partial charge in [-0.3, -0.25) is 4.79 Å². The van der Waals surface area contributed by atoms with Crippen molar-refractivity contribution in [2.75, 3.05) is 0 Å². The highest BCUT2D eigenvalue weighted by atomic mass is 79.9. The van der Waals surface area contributed by atoms with Gasteiger partial charge >= 0.3 is 0 Å². The third kappa shape index (κ3) is 2.00. The molecule has 0 saturated carbocycles. The maximum atomic E-state index is 13.5. The average Bonchev–Trinajstić information content (AvgIpc) is 2.58. The number of hydrogen-bond acceptors (Lipinski definition) is 1. The van der Waals surface area contributed by atoms with Crippen molar-refractivity contribution in [3.8, 4) is 0 Å². The summed E-state index contributed by atoms with van der Waals surface area (Å²) in [6, 6.07) is 2.19. The number of benzene rings is 1. The Hall–Kier alpha value is -1.03. The molecule has 0 aromatic heterocycles. The minimum absolute atomic E-state index is 0.0345. The molecule has 1 aromatic carbocycles. The summed E-state index contributed by atoms with van der Waals surface area (Å²) in [6.07, 6.45) is 2.25. The zero-order valence-corrected chi connectivity index (χ0v) is 9.27. The van der Waals surface area contributed by atoms with Crippen LogP contribution < -0.4 is 0 Å². The highest BCUT2D eigenvalue weighted by Crippen LogP contribution is 2.30. The highest BCUT2D eigenvalue weighted by molar-refractivity contribution is 9.10. The average molecular weight is 273 g/mol. The Morgan fingerprint density at radius 3 is 2.47 bits per heavy atom. The number of hydrogen-bond donors (Lipinski definition) is 0. The standard InChI is InChI=1S/C11H7BrF2O/c12-9-5-10(13)8(4-11(9)14)6-1-2-7(15)3-6/h3-5H,1-2H2. The fourth-order valence-corrected chi connectivity index (χ4v) is 1.89. The molecule has 0 spiro atoms. The van der Waals surface area contributed by atoms with Crippen LogP contribution in [0.2, 0.25) is 0 Å². The van der Waals surface area contributed by atoms with Gasteiger partial charge in [-0.1, -0.05) is 0 Å². The molecule has 0 bridgehead atoms. The lowest BCUT2D eigenvalue weighted by Crippen LogP contribution is -1.91. The molecule has 1 aromatic rings. The second-order valence-electron chi connectivity index (χ2n) is 3.38. The number of ketones is 1. The van der Waals surface area contributed by atoms with Crippen LogP contribution in [0.5, 0.6) is 0 Å². The lowest BCUT2D eigenvalue weighted by molar-refractivity contribution is -0.114. The molecular weight excluding hydrogens is 266 g/mol. The number of allylic oxidation sites excluding steroid dienone is 2. The molecule has 1 aliphatic carbocycles. The van der Waals surface area contributed by atoms with Gasteiger partial charge in [0.1, 0.15) is 11.6 Å². The second kappa shape index (κ2) is 3.85. The predicted octanol–water partition coefficient (Wildman–Crippen LogP) is 3.47. The largest absolute Gasteiger partial charge is 0.295 e. The van der Waals surface area contributed by atoms with Gasteiger partial charge in [0.05, 0.1) is 4.47 Å². The number of halogens is 3. The third-order valence-electron chi connectivity index (χ3n) is 2.33. The maximum Gasteiger partial charge on any atom is 0.156 e. The molecule has 78 valence electrons. The smallest absolute Gasteiger partial charge is 0.156 e. The minimum atomic E-state index is -0.522. The number of rotatable bonds is 1. The minimum Gasteiger partial charge on any atom is -0.295 e. The topological polar surface area (TPSA) is 17.1 Å². The van der Waals surface area contributed by atoms with Crippen molar-refractivity contribution >= 4 is 27.3 Å². The van der Waals surface area contributed by atoms with E-state index < -0.39 is 11.6 Å². The molecule has 15 heavy (non-hydrogen) atoms. The molecule has 0 amide bonds. The Labute approximate surface area is 93.9 Å². The third-order valence-corrected chi connectivity index (χ3v) is 2.94.